The smallest absolute Gasteiger partial charge is 0.410 e. The largest absolute Gasteiger partial charge is 0.443 e. The summed E-state index contributed by atoms with van der Waals surface area (Å²) in [5.74, 6) is -0.225. The molecular formula is C33H46N6O4. The number of benzene rings is 1. The molecule has 1 aromatic rings. The lowest BCUT2D eigenvalue weighted by Gasteiger charge is -2.40. The summed E-state index contributed by atoms with van der Waals surface area (Å²) in [5, 5.41) is 3.13. The summed E-state index contributed by atoms with van der Waals surface area (Å²) in [5.41, 5.74) is 10.2. The lowest BCUT2D eigenvalue weighted by molar-refractivity contribution is -0.124. The second kappa shape index (κ2) is 14.5. The van der Waals surface area contributed by atoms with Crippen LogP contribution in [0.3, 0.4) is 0 Å². The zero-order chi connectivity index (χ0) is 31.0. The molecule has 2 fully saturated rings. The number of carbonyl (C=O) groups is 2. The van der Waals surface area contributed by atoms with E-state index in [1.807, 2.05) is 35.9 Å². The van der Waals surface area contributed by atoms with Crippen LogP contribution in [0.15, 0.2) is 66.0 Å². The van der Waals surface area contributed by atoms with Crippen LogP contribution in [0.2, 0.25) is 0 Å². The number of aryl methyl sites for hydroxylation is 1. The van der Waals surface area contributed by atoms with E-state index in [0.717, 1.165) is 47.1 Å². The Morgan fingerprint density at radius 2 is 1.95 bits per heavy atom. The normalized spacial score (nSPS) is 19.8. The minimum Gasteiger partial charge on any atom is -0.443 e. The Labute approximate surface area is 255 Å². The summed E-state index contributed by atoms with van der Waals surface area (Å²) in [6.07, 6.45) is 13.3. The van der Waals surface area contributed by atoms with E-state index in [-0.39, 0.29) is 30.3 Å². The summed E-state index contributed by atoms with van der Waals surface area (Å²) in [6, 6.07) is 5.96. The van der Waals surface area contributed by atoms with Crippen molar-refractivity contribution in [3.05, 3.63) is 77.7 Å². The third-order valence-corrected chi connectivity index (χ3v) is 8.17. The number of hydrogen-bond donors (Lipinski definition) is 2. The number of hydrogen-bond acceptors (Lipinski definition) is 8. The number of nitrogens with zero attached hydrogens (tertiary/aromatic N) is 4. The molecule has 0 spiro atoms. The number of nitrogens with two attached hydrogens (primary N) is 1. The maximum atomic E-state index is 12.8. The second-order valence-electron chi connectivity index (χ2n) is 11.8. The highest BCUT2D eigenvalue weighted by molar-refractivity contribution is 5.83. The molecule has 4 rings (SSSR count). The Hall–Kier alpha value is -3.89. The molecule has 3 N–H and O–H groups in total. The van der Waals surface area contributed by atoms with Crippen molar-refractivity contribution in [2.45, 2.75) is 50.8 Å². The van der Waals surface area contributed by atoms with Crippen LogP contribution in [-0.4, -0.2) is 98.2 Å². The van der Waals surface area contributed by atoms with Crippen molar-refractivity contribution in [2.75, 3.05) is 53.5 Å². The van der Waals surface area contributed by atoms with Gasteiger partial charge in [-0.05, 0) is 67.7 Å². The van der Waals surface area contributed by atoms with E-state index in [0.29, 0.717) is 32.7 Å². The van der Waals surface area contributed by atoms with Gasteiger partial charge in [0.05, 0.1) is 12.4 Å². The lowest BCUT2D eigenvalue weighted by atomic mass is 9.86. The van der Waals surface area contributed by atoms with E-state index in [4.69, 9.17) is 15.2 Å². The van der Waals surface area contributed by atoms with E-state index < -0.39 is 6.04 Å². The Kier molecular flexibility index (Phi) is 10.8. The molecule has 1 aromatic carbocycles. The average molecular weight is 591 g/mol. The number of nitrogens with one attached hydrogen (secondary N) is 1. The van der Waals surface area contributed by atoms with Gasteiger partial charge in [-0.3, -0.25) is 9.69 Å². The summed E-state index contributed by atoms with van der Waals surface area (Å²) >= 11 is 0. The highest BCUT2D eigenvalue weighted by Gasteiger charge is 2.43. The summed E-state index contributed by atoms with van der Waals surface area (Å²) in [6.45, 7) is 11.7. The molecule has 43 heavy (non-hydrogen) atoms. The van der Waals surface area contributed by atoms with Crippen molar-refractivity contribution < 1.29 is 19.1 Å². The molecule has 10 nitrogen and oxygen atoms in total. The first-order chi connectivity index (χ1) is 20.6. The van der Waals surface area contributed by atoms with Crippen molar-refractivity contribution in [1.29, 1.82) is 0 Å². The monoisotopic (exact) mass is 590 g/mol. The number of methoxy groups -OCH3 is 1. The molecule has 3 aliphatic rings. The van der Waals surface area contributed by atoms with Gasteiger partial charge in [0.25, 0.3) is 0 Å². The molecule has 2 aliphatic heterocycles. The predicted octanol–water partition coefficient (Wildman–Crippen LogP) is 3.76. The topological polar surface area (TPSA) is 113 Å². The molecule has 0 radical (unpaired) electrons. The van der Waals surface area contributed by atoms with Gasteiger partial charge in [-0.2, -0.15) is 0 Å². The number of allylic oxidation sites excluding steroid dienone is 2. The lowest BCUT2D eigenvalue weighted by Crippen LogP contribution is -2.50. The first-order valence-electron chi connectivity index (χ1n) is 14.9. The quantitative estimate of drug-likeness (QED) is 0.357. The molecule has 1 saturated carbocycles. The van der Waals surface area contributed by atoms with E-state index in [2.05, 4.69) is 53.0 Å². The molecule has 232 valence electrons. The summed E-state index contributed by atoms with van der Waals surface area (Å²) in [7, 11) is 3.45. The van der Waals surface area contributed by atoms with Crippen LogP contribution in [0.25, 0.3) is 5.57 Å². The molecule has 2 amide bonds. The average Bonchev–Trinajstić information content (AvgIpc) is 3.72. The number of carbonyl (C=O) groups excluding carboxylic acids is 2. The minimum absolute atomic E-state index is 0.00486. The Morgan fingerprint density at radius 3 is 2.60 bits per heavy atom. The number of aliphatic imine (C=N–C) groups is 1. The maximum absolute atomic E-state index is 12.8. The van der Waals surface area contributed by atoms with Crippen LogP contribution in [0.1, 0.15) is 48.9 Å². The van der Waals surface area contributed by atoms with Gasteiger partial charge in [-0.15, -0.1) is 0 Å². The molecule has 10 heteroatoms. The number of ether oxygens (including phenoxy) is 2. The summed E-state index contributed by atoms with van der Waals surface area (Å²) in [4.78, 5) is 36.2. The van der Waals surface area contributed by atoms with Crippen molar-refractivity contribution in [1.82, 2.24) is 20.0 Å². The molecule has 1 aliphatic carbocycles. The molecule has 2 unspecified atom stereocenters. The van der Waals surface area contributed by atoms with Crippen LogP contribution >= 0.6 is 0 Å². The Balaban J connectivity index is 1.64. The van der Waals surface area contributed by atoms with Crippen LogP contribution < -0.4 is 11.1 Å². The highest BCUT2D eigenvalue weighted by atomic mass is 16.6. The highest BCUT2D eigenvalue weighted by Crippen LogP contribution is 2.39. The van der Waals surface area contributed by atoms with E-state index >= 15 is 0 Å². The molecule has 1 saturated heterocycles. The van der Waals surface area contributed by atoms with E-state index in [1.54, 1.807) is 12.5 Å². The van der Waals surface area contributed by atoms with E-state index in [1.165, 1.54) is 13.3 Å². The summed E-state index contributed by atoms with van der Waals surface area (Å²) < 4.78 is 10.8. The first-order valence-corrected chi connectivity index (χ1v) is 14.9. The van der Waals surface area contributed by atoms with Gasteiger partial charge in [-0.1, -0.05) is 42.5 Å². The zero-order valence-electron chi connectivity index (χ0n) is 25.9. The number of amides is 2. The fraction of sp³-hybridized carbons (Fsp3) is 0.485. The van der Waals surface area contributed by atoms with Gasteiger partial charge in [0.2, 0.25) is 5.91 Å². The van der Waals surface area contributed by atoms with Crippen LogP contribution in [-0.2, 0) is 14.3 Å². The fourth-order valence-corrected chi connectivity index (χ4v) is 5.50. The number of likely N-dealkylation sites (N-methyl/N-ethyl adjacent to an activating group) is 1. The molecule has 0 bridgehead atoms. The van der Waals surface area contributed by atoms with Gasteiger partial charge in [0, 0.05) is 59.1 Å². The van der Waals surface area contributed by atoms with Gasteiger partial charge >= 0.3 is 6.09 Å². The van der Waals surface area contributed by atoms with Crippen molar-refractivity contribution in [3.63, 3.8) is 0 Å². The number of rotatable bonds is 12. The van der Waals surface area contributed by atoms with Crippen molar-refractivity contribution in [2.24, 2.45) is 10.7 Å². The molecule has 2 heterocycles. The van der Waals surface area contributed by atoms with E-state index in [9.17, 15) is 9.59 Å². The van der Waals surface area contributed by atoms with Gasteiger partial charge in [0.15, 0.2) is 0 Å². The number of piperazine rings is 1. The first kappa shape index (κ1) is 32.0. The van der Waals surface area contributed by atoms with Crippen LogP contribution in [0.5, 0.6) is 0 Å². The van der Waals surface area contributed by atoms with Gasteiger partial charge in [0.1, 0.15) is 12.2 Å². The zero-order valence-corrected chi connectivity index (χ0v) is 25.9. The Morgan fingerprint density at radius 1 is 1.21 bits per heavy atom. The third kappa shape index (κ3) is 8.58. The molecule has 2 atom stereocenters. The predicted molar refractivity (Wildman–Crippen MR) is 170 cm³/mol. The Bertz CT molecular complexity index is 1290. The molecule has 0 aromatic heterocycles. The van der Waals surface area contributed by atoms with Crippen LogP contribution in [0, 0.1) is 6.92 Å². The van der Waals surface area contributed by atoms with Gasteiger partial charge < -0.3 is 30.3 Å². The van der Waals surface area contributed by atoms with Crippen molar-refractivity contribution >= 4 is 23.9 Å². The third-order valence-electron chi connectivity index (χ3n) is 8.17. The second-order valence-corrected chi connectivity index (χ2v) is 11.8. The molecular weight excluding hydrogens is 544 g/mol. The maximum Gasteiger partial charge on any atom is 0.410 e. The standard InChI is InChI=1S/C33H46N6O4/c1-24-10-11-27(28(19-24)25(2)31(36-30(40)22-42-5)26-20-35-23-37(4)21-26)29(9-7-6-8-14-34)38-15-17-39(18-16-38)32(41)43-33(3)12-13-33/h6-8,10-11,14,19-20,23,29,31H,2,9,12-13,15-18,21-22,34H2,1,3-5H3,(H,36,40)/b7-6-,14-8-. The SMILES string of the molecule is C=C(c1cc(C)ccc1C(C/C=C\C=C/N)N1CCN(C(=O)OC2(C)CC2)CC1)C(NC(=O)COC)C1=CN=CN(C)C1. The fourth-order valence-electron chi connectivity index (χ4n) is 5.50. The van der Waals surface area contributed by atoms with Crippen LogP contribution in [0.4, 0.5) is 4.79 Å². The minimum atomic E-state index is -0.463. The van der Waals surface area contributed by atoms with Gasteiger partial charge in [-0.25, -0.2) is 9.79 Å². The van der Waals surface area contributed by atoms with Crippen molar-refractivity contribution in [3.8, 4) is 0 Å².